The van der Waals surface area contributed by atoms with Crippen molar-refractivity contribution in [1.82, 2.24) is 0 Å². The molecule has 0 rings (SSSR count). The van der Waals surface area contributed by atoms with E-state index < -0.39 is 0 Å². The highest BCUT2D eigenvalue weighted by atomic mass is 14.3. The van der Waals surface area contributed by atoms with Crippen LogP contribution in [0, 0.1) is 11.3 Å². The normalized spacial score (nSPS) is 13.5. The first kappa shape index (κ1) is 22.0. The average Bonchev–Trinajstić information content (AvgIpc) is 2.46. The second kappa shape index (κ2) is 14.6. The van der Waals surface area contributed by atoms with Crippen LogP contribution in [0.15, 0.2) is 0 Å². The molecule has 1 unspecified atom stereocenters. The van der Waals surface area contributed by atoms with Gasteiger partial charge >= 0.3 is 0 Å². The Morgan fingerprint density at radius 2 is 0.864 bits per heavy atom. The molecule has 0 amide bonds. The van der Waals surface area contributed by atoms with E-state index >= 15 is 0 Å². The van der Waals surface area contributed by atoms with Gasteiger partial charge in [0.15, 0.2) is 0 Å². The molecule has 0 aliphatic heterocycles. The molecule has 1 atom stereocenters. The van der Waals surface area contributed by atoms with Crippen LogP contribution < -0.4 is 0 Å². The first-order chi connectivity index (χ1) is 10.5. The summed E-state index contributed by atoms with van der Waals surface area (Å²) in [5.41, 5.74) is 0.508. The zero-order valence-electron chi connectivity index (χ0n) is 16.7. The largest absolute Gasteiger partial charge is 0.0654 e. The quantitative estimate of drug-likeness (QED) is 0.266. The molecule has 0 aliphatic carbocycles. The molecule has 0 heterocycles. The van der Waals surface area contributed by atoms with Crippen molar-refractivity contribution in [2.75, 3.05) is 0 Å². The van der Waals surface area contributed by atoms with Crippen LogP contribution in [0.1, 0.15) is 131 Å². The van der Waals surface area contributed by atoms with Gasteiger partial charge in [-0.3, -0.25) is 0 Å². The van der Waals surface area contributed by atoms with Gasteiger partial charge in [-0.15, -0.1) is 0 Å². The maximum absolute atomic E-state index is 2.44. The van der Waals surface area contributed by atoms with Crippen LogP contribution in [0.25, 0.3) is 0 Å². The molecule has 0 aromatic carbocycles. The van der Waals surface area contributed by atoms with Crippen LogP contribution in [-0.4, -0.2) is 0 Å². The monoisotopic (exact) mass is 310 g/mol. The van der Waals surface area contributed by atoms with Crippen molar-refractivity contribution in [3.63, 3.8) is 0 Å². The molecule has 0 radical (unpaired) electrons. The van der Waals surface area contributed by atoms with Crippen molar-refractivity contribution in [2.45, 2.75) is 131 Å². The smallest absolute Gasteiger partial charge is 0.0354 e. The molecular weight excluding hydrogens is 264 g/mol. The van der Waals surface area contributed by atoms with Gasteiger partial charge in [-0.2, -0.15) is 0 Å². The van der Waals surface area contributed by atoms with E-state index in [1.807, 2.05) is 0 Å². The molecule has 134 valence electrons. The van der Waals surface area contributed by atoms with E-state index in [0.29, 0.717) is 5.41 Å². The van der Waals surface area contributed by atoms with E-state index in [1.165, 1.54) is 96.3 Å². The minimum Gasteiger partial charge on any atom is -0.0654 e. The Kier molecular flexibility index (Phi) is 14.6. The van der Waals surface area contributed by atoms with Crippen LogP contribution in [0.3, 0.4) is 0 Å². The number of rotatable bonds is 15. The van der Waals surface area contributed by atoms with Gasteiger partial charge in [-0.05, 0) is 24.2 Å². The van der Waals surface area contributed by atoms with Gasteiger partial charge < -0.3 is 0 Å². The maximum atomic E-state index is 2.44. The van der Waals surface area contributed by atoms with E-state index in [-0.39, 0.29) is 0 Å². The topological polar surface area (TPSA) is 0 Å². The van der Waals surface area contributed by atoms with Crippen LogP contribution in [0.2, 0.25) is 0 Å². The lowest BCUT2D eigenvalue weighted by atomic mass is 9.75. The molecule has 0 heteroatoms. The van der Waals surface area contributed by atoms with Gasteiger partial charge in [0.05, 0.1) is 0 Å². The van der Waals surface area contributed by atoms with Crippen molar-refractivity contribution in [3.05, 3.63) is 0 Å². The molecule has 0 aliphatic rings. The molecule has 0 N–H and O–H groups in total. The number of hydrogen-bond acceptors (Lipinski definition) is 0. The second-order valence-electron chi connectivity index (χ2n) is 8.53. The summed E-state index contributed by atoms with van der Waals surface area (Å²) in [5.74, 6) is 0.936. The van der Waals surface area contributed by atoms with Crippen molar-refractivity contribution >= 4 is 0 Å². The van der Waals surface area contributed by atoms with Gasteiger partial charge in [0.25, 0.3) is 0 Å². The van der Waals surface area contributed by atoms with Crippen LogP contribution >= 0.6 is 0 Å². The second-order valence-corrected chi connectivity index (χ2v) is 8.53. The van der Waals surface area contributed by atoms with Crippen molar-refractivity contribution in [1.29, 1.82) is 0 Å². The van der Waals surface area contributed by atoms with Crippen molar-refractivity contribution in [3.8, 4) is 0 Å². The predicted octanol–water partition coefficient (Wildman–Crippen LogP) is 8.54. The molecule has 0 fully saturated rings. The van der Waals surface area contributed by atoms with E-state index in [9.17, 15) is 0 Å². The first-order valence-corrected chi connectivity index (χ1v) is 10.5. The molecular formula is C22H46. The van der Waals surface area contributed by atoms with Crippen LogP contribution in [-0.2, 0) is 0 Å². The molecule has 0 aromatic heterocycles. The lowest BCUT2D eigenvalue weighted by Gasteiger charge is -2.31. The van der Waals surface area contributed by atoms with Gasteiger partial charge in [0.2, 0.25) is 0 Å². The summed E-state index contributed by atoms with van der Waals surface area (Å²) in [4.78, 5) is 0. The maximum Gasteiger partial charge on any atom is -0.0354 e. The number of unbranched alkanes of at least 4 members (excludes halogenated alkanes) is 11. The SMILES string of the molecule is CCCCCCCCCCCCCC(CCCC)C(C)(C)C. The lowest BCUT2D eigenvalue weighted by molar-refractivity contribution is 0.202. The molecule has 0 saturated carbocycles. The zero-order valence-corrected chi connectivity index (χ0v) is 16.7. The Morgan fingerprint density at radius 3 is 1.27 bits per heavy atom. The van der Waals surface area contributed by atoms with Gasteiger partial charge in [-0.25, -0.2) is 0 Å². The Hall–Kier alpha value is 0. The fourth-order valence-corrected chi connectivity index (χ4v) is 3.52. The highest BCUT2D eigenvalue weighted by Gasteiger charge is 2.23. The third kappa shape index (κ3) is 13.6. The molecule has 0 spiro atoms. The fourth-order valence-electron chi connectivity index (χ4n) is 3.52. The van der Waals surface area contributed by atoms with Crippen LogP contribution in [0.4, 0.5) is 0 Å². The first-order valence-electron chi connectivity index (χ1n) is 10.5. The van der Waals surface area contributed by atoms with Crippen molar-refractivity contribution in [2.24, 2.45) is 11.3 Å². The summed E-state index contributed by atoms with van der Waals surface area (Å²) in [7, 11) is 0. The molecule has 0 aromatic rings. The van der Waals surface area contributed by atoms with E-state index in [1.54, 1.807) is 0 Å². The van der Waals surface area contributed by atoms with Crippen LogP contribution in [0.5, 0.6) is 0 Å². The zero-order chi connectivity index (χ0) is 16.7. The summed E-state index contributed by atoms with van der Waals surface area (Å²) in [6.45, 7) is 11.9. The Labute approximate surface area is 142 Å². The third-order valence-corrected chi connectivity index (χ3v) is 5.29. The number of hydrogen-bond donors (Lipinski definition) is 0. The fraction of sp³-hybridized carbons (Fsp3) is 1.00. The predicted molar refractivity (Wildman–Crippen MR) is 104 cm³/mol. The standard InChI is InChI=1S/C22H46/c1-6-8-10-11-12-13-14-15-16-17-18-20-21(19-9-7-2)22(3,4)5/h21H,6-20H2,1-5H3. The summed E-state index contributed by atoms with van der Waals surface area (Å²) in [6.07, 6.45) is 21.7. The minimum absolute atomic E-state index is 0.508. The van der Waals surface area contributed by atoms with Gasteiger partial charge in [0, 0.05) is 0 Å². The Bertz CT molecular complexity index is 211. The molecule has 0 nitrogen and oxygen atoms in total. The van der Waals surface area contributed by atoms with E-state index in [4.69, 9.17) is 0 Å². The average molecular weight is 311 g/mol. The lowest BCUT2D eigenvalue weighted by Crippen LogP contribution is -2.20. The Balaban J connectivity index is 3.46. The van der Waals surface area contributed by atoms with E-state index in [0.717, 1.165) is 5.92 Å². The van der Waals surface area contributed by atoms with Gasteiger partial charge in [-0.1, -0.05) is 118 Å². The minimum atomic E-state index is 0.508. The molecule has 22 heavy (non-hydrogen) atoms. The highest BCUT2D eigenvalue weighted by molar-refractivity contribution is 4.74. The summed E-state index contributed by atoms with van der Waals surface area (Å²) < 4.78 is 0. The van der Waals surface area contributed by atoms with Gasteiger partial charge in [0.1, 0.15) is 0 Å². The van der Waals surface area contributed by atoms with Crippen molar-refractivity contribution < 1.29 is 0 Å². The Morgan fingerprint density at radius 1 is 0.500 bits per heavy atom. The van der Waals surface area contributed by atoms with E-state index in [2.05, 4.69) is 34.6 Å². The molecule has 0 saturated heterocycles. The third-order valence-electron chi connectivity index (χ3n) is 5.29. The highest BCUT2D eigenvalue weighted by Crippen LogP contribution is 2.34. The summed E-state index contributed by atoms with van der Waals surface area (Å²) in [6, 6.07) is 0. The molecule has 0 bridgehead atoms. The summed E-state index contributed by atoms with van der Waals surface area (Å²) in [5, 5.41) is 0. The summed E-state index contributed by atoms with van der Waals surface area (Å²) >= 11 is 0.